The summed E-state index contributed by atoms with van der Waals surface area (Å²) in [7, 11) is 0. The van der Waals surface area contributed by atoms with Crippen LogP contribution in [0.5, 0.6) is 5.75 Å². The number of nitrogens with one attached hydrogen (secondary N) is 1. The molecule has 1 amide bonds. The van der Waals surface area contributed by atoms with Crippen molar-refractivity contribution in [2.45, 2.75) is 13.8 Å². The van der Waals surface area contributed by atoms with Crippen molar-refractivity contribution >= 4 is 11.7 Å². The highest BCUT2D eigenvalue weighted by atomic mass is 16.3. The van der Waals surface area contributed by atoms with Crippen molar-refractivity contribution in [3.05, 3.63) is 75.8 Å². The molecule has 0 atom stereocenters. The molecule has 0 saturated heterocycles. The van der Waals surface area contributed by atoms with Crippen LogP contribution in [0.3, 0.4) is 0 Å². The molecule has 126 valence electrons. The van der Waals surface area contributed by atoms with Crippen LogP contribution in [0.2, 0.25) is 0 Å². The summed E-state index contributed by atoms with van der Waals surface area (Å²) >= 11 is 0. The van der Waals surface area contributed by atoms with Gasteiger partial charge in [0.1, 0.15) is 5.82 Å². The van der Waals surface area contributed by atoms with Crippen LogP contribution in [0.15, 0.2) is 53.5 Å². The van der Waals surface area contributed by atoms with E-state index < -0.39 is 17.2 Å². The third kappa shape index (κ3) is 3.55. The number of benzene rings is 1. The molecule has 2 heterocycles. The van der Waals surface area contributed by atoms with Gasteiger partial charge >= 0.3 is 0 Å². The van der Waals surface area contributed by atoms with E-state index in [1.54, 1.807) is 36.5 Å². The first-order chi connectivity index (χ1) is 11.9. The van der Waals surface area contributed by atoms with E-state index in [2.05, 4.69) is 15.4 Å². The number of aromatic hydroxyl groups is 1. The van der Waals surface area contributed by atoms with Gasteiger partial charge in [-0.15, -0.1) is 0 Å². The molecular weight excluding hydrogens is 320 g/mol. The Hall–Kier alpha value is -3.48. The molecular formula is C18H16N4O3. The highest BCUT2D eigenvalue weighted by Gasteiger charge is 2.17. The smallest absolute Gasteiger partial charge is 0.281 e. The Balaban J connectivity index is 1.98. The van der Waals surface area contributed by atoms with E-state index in [1.165, 1.54) is 0 Å². The van der Waals surface area contributed by atoms with E-state index in [0.717, 1.165) is 21.9 Å². The first-order valence-electron chi connectivity index (χ1n) is 7.58. The Morgan fingerprint density at radius 3 is 2.60 bits per heavy atom. The molecule has 0 aliphatic heterocycles. The maximum atomic E-state index is 12.4. The van der Waals surface area contributed by atoms with E-state index in [-0.39, 0.29) is 5.69 Å². The van der Waals surface area contributed by atoms with Gasteiger partial charge in [-0.25, -0.2) is 4.98 Å². The number of pyridine rings is 1. The first kappa shape index (κ1) is 16.4. The molecule has 2 N–H and O–H groups in total. The van der Waals surface area contributed by atoms with Gasteiger partial charge in [-0.05, 0) is 43.2 Å². The minimum Gasteiger partial charge on any atom is -0.505 e. The van der Waals surface area contributed by atoms with Crippen LogP contribution in [0.25, 0.3) is 5.69 Å². The molecule has 0 fully saturated rings. The van der Waals surface area contributed by atoms with Gasteiger partial charge in [0.2, 0.25) is 0 Å². The minimum atomic E-state index is -0.657. The zero-order valence-corrected chi connectivity index (χ0v) is 13.7. The fraction of sp³-hybridized carbons (Fsp3) is 0.111. The van der Waals surface area contributed by atoms with Crippen LogP contribution >= 0.6 is 0 Å². The molecule has 2 aromatic heterocycles. The molecule has 0 saturated carbocycles. The lowest BCUT2D eigenvalue weighted by Gasteiger charge is -2.09. The fourth-order valence-corrected chi connectivity index (χ4v) is 2.27. The van der Waals surface area contributed by atoms with E-state index in [9.17, 15) is 14.7 Å². The second kappa shape index (κ2) is 6.56. The summed E-state index contributed by atoms with van der Waals surface area (Å²) in [6.45, 7) is 3.76. The van der Waals surface area contributed by atoms with Crippen LogP contribution in [0, 0.1) is 13.8 Å². The minimum absolute atomic E-state index is 0.261. The maximum Gasteiger partial charge on any atom is 0.281 e. The average Bonchev–Trinajstić information content (AvgIpc) is 2.57. The van der Waals surface area contributed by atoms with Gasteiger partial charge in [-0.3, -0.25) is 9.59 Å². The summed E-state index contributed by atoms with van der Waals surface area (Å²) in [5.41, 5.74) is 1.60. The van der Waals surface area contributed by atoms with Crippen molar-refractivity contribution < 1.29 is 9.90 Å². The van der Waals surface area contributed by atoms with Gasteiger partial charge in [-0.2, -0.15) is 9.78 Å². The largest absolute Gasteiger partial charge is 0.505 e. The number of carbonyl (C=O) groups excluding carboxylic acids is 1. The highest BCUT2D eigenvalue weighted by molar-refractivity contribution is 6.04. The van der Waals surface area contributed by atoms with Crippen molar-refractivity contribution in [2.75, 3.05) is 5.32 Å². The summed E-state index contributed by atoms with van der Waals surface area (Å²) in [5.74, 6) is -0.820. The number of aryl methyl sites for hydroxylation is 2. The summed E-state index contributed by atoms with van der Waals surface area (Å²) in [6.07, 6.45) is 1.61. The number of amides is 1. The number of nitrogens with zero attached hydrogens (tertiary/aromatic N) is 3. The molecule has 0 spiro atoms. The molecule has 7 nitrogen and oxygen atoms in total. The lowest BCUT2D eigenvalue weighted by Crippen LogP contribution is -2.25. The fourth-order valence-electron chi connectivity index (χ4n) is 2.27. The second-order valence-electron chi connectivity index (χ2n) is 5.64. The number of hydrogen-bond donors (Lipinski definition) is 2. The number of hydrogen-bond acceptors (Lipinski definition) is 5. The first-order valence-corrected chi connectivity index (χ1v) is 7.58. The topological polar surface area (TPSA) is 97.1 Å². The van der Waals surface area contributed by atoms with Crippen molar-refractivity contribution in [3.8, 4) is 11.4 Å². The van der Waals surface area contributed by atoms with Gasteiger partial charge < -0.3 is 10.4 Å². The van der Waals surface area contributed by atoms with Gasteiger partial charge in [0.25, 0.3) is 11.5 Å². The Morgan fingerprint density at radius 2 is 1.92 bits per heavy atom. The van der Waals surface area contributed by atoms with Crippen LogP contribution in [0.1, 0.15) is 21.6 Å². The van der Waals surface area contributed by atoms with Crippen LogP contribution in [-0.2, 0) is 0 Å². The van der Waals surface area contributed by atoms with Gasteiger partial charge in [0.15, 0.2) is 11.4 Å². The van der Waals surface area contributed by atoms with Gasteiger partial charge in [0, 0.05) is 12.3 Å². The summed E-state index contributed by atoms with van der Waals surface area (Å²) in [6, 6.07) is 11.5. The van der Waals surface area contributed by atoms with Crippen LogP contribution < -0.4 is 10.9 Å². The third-order valence-electron chi connectivity index (χ3n) is 3.53. The predicted molar refractivity (Wildman–Crippen MR) is 93.2 cm³/mol. The van der Waals surface area contributed by atoms with Crippen LogP contribution in [-0.4, -0.2) is 25.8 Å². The maximum absolute atomic E-state index is 12.4. The number of rotatable bonds is 3. The monoisotopic (exact) mass is 336 g/mol. The average molecular weight is 336 g/mol. The summed E-state index contributed by atoms with van der Waals surface area (Å²) < 4.78 is 1.07. The van der Waals surface area contributed by atoms with Crippen molar-refractivity contribution in [2.24, 2.45) is 0 Å². The quantitative estimate of drug-likeness (QED) is 0.764. The number of aromatic nitrogens is 3. The molecule has 0 aliphatic carbocycles. The molecule has 3 rings (SSSR count). The molecule has 0 unspecified atom stereocenters. The van der Waals surface area contributed by atoms with Crippen molar-refractivity contribution in [3.63, 3.8) is 0 Å². The molecule has 25 heavy (non-hydrogen) atoms. The van der Waals surface area contributed by atoms with Crippen LogP contribution in [0.4, 0.5) is 5.82 Å². The number of anilines is 1. The molecule has 0 radical (unpaired) electrons. The van der Waals surface area contributed by atoms with Gasteiger partial charge in [0.05, 0.1) is 5.69 Å². The second-order valence-corrected chi connectivity index (χ2v) is 5.64. The summed E-state index contributed by atoms with van der Waals surface area (Å²) in [5, 5.41) is 16.5. The van der Waals surface area contributed by atoms with E-state index in [0.29, 0.717) is 11.5 Å². The van der Waals surface area contributed by atoms with Crippen molar-refractivity contribution in [1.82, 2.24) is 14.8 Å². The number of carbonyl (C=O) groups is 1. The third-order valence-corrected chi connectivity index (χ3v) is 3.53. The van der Waals surface area contributed by atoms with E-state index >= 15 is 0 Å². The normalized spacial score (nSPS) is 10.5. The summed E-state index contributed by atoms with van der Waals surface area (Å²) in [4.78, 5) is 28.6. The van der Waals surface area contributed by atoms with E-state index in [4.69, 9.17) is 0 Å². The lowest BCUT2D eigenvalue weighted by atomic mass is 10.2. The Morgan fingerprint density at radius 1 is 1.12 bits per heavy atom. The lowest BCUT2D eigenvalue weighted by molar-refractivity contribution is 0.101. The molecule has 1 aromatic carbocycles. The zero-order chi connectivity index (χ0) is 18.0. The standard InChI is InChI=1S/C18H16N4O3/c1-11-4-3-5-13(8-11)22-16(24)9-14(23)17(21-22)18(25)20-15-7-6-12(2)10-19-15/h3-10,23H,1-2H3,(H,19,20,25). The molecule has 3 aromatic rings. The van der Waals surface area contributed by atoms with Gasteiger partial charge in [-0.1, -0.05) is 18.2 Å². The van der Waals surface area contributed by atoms with E-state index in [1.807, 2.05) is 19.9 Å². The molecule has 0 aliphatic rings. The Kier molecular flexibility index (Phi) is 4.30. The zero-order valence-electron chi connectivity index (χ0n) is 13.7. The predicted octanol–water partition coefficient (Wildman–Crippen LogP) is 2.20. The Bertz CT molecular complexity index is 994. The Labute approximate surface area is 143 Å². The van der Waals surface area contributed by atoms with Crippen molar-refractivity contribution in [1.29, 1.82) is 0 Å². The highest BCUT2D eigenvalue weighted by Crippen LogP contribution is 2.15. The molecule has 0 bridgehead atoms. The SMILES string of the molecule is Cc1ccc(NC(=O)c2nn(-c3cccc(C)c3)c(=O)cc2O)nc1. The molecule has 7 heteroatoms.